The van der Waals surface area contributed by atoms with Crippen LogP contribution < -0.4 is 11.1 Å². The molecule has 3 N–H and O–H groups in total. The van der Waals surface area contributed by atoms with Crippen LogP contribution in [0.2, 0.25) is 0 Å². The van der Waals surface area contributed by atoms with Gasteiger partial charge in [0.1, 0.15) is 0 Å². The molecule has 0 saturated carbocycles. The van der Waals surface area contributed by atoms with Gasteiger partial charge in [0.25, 0.3) is 5.91 Å². The van der Waals surface area contributed by atoms with Gasteiger partial charge in [0, 0.05) is 25.7 Å². The standard InChI is InChI=1S/C6H14N2.C3H3N3OS/c1-6-5-7-3-4-8(6)2;4-3(7)2-1-5-8-6-2/h6-7H,3-5H2,1-2H3;1H,(H2,4,7). The molecule has 0 radical (unpaired) electrons. The fourth-order valence-corrected chi connectivity index (χ4v) is 1.64. The first kappa shape index (κ1) is 13.0. The van der Waals surface area contributed by atoms with Crippen molar-refractivity contribution in [3.05, 3.63) is 11.9 Å². The summed E-state index contributed by atoms with van der Waals surface area (Å²) in [5, 5.41) is 3.32. The zero-order chi connectivity index (χ0) is 12.0. The van der Waals surface area contributed by atoms with E-state index >= 15 is 0 Å². The number of primary amides is 1. The fraction of sp³-hybridized carbons (Fsp3) is 0.667. The van der Waals surface area contributed by atoms with E-state index in [1.54, 1.807) is 0 Å². The lowest BCUT2D eigenvalue weighted by Gasteiger charge is -2.29. The summed E-state index contributed by atoms with van der Waals surface area (Å²) in [6, 6.07) is 0.726. The Bertz CT molecular complexity index is 306. The molecule has 2 rings (SSSR count). The summed E-state index contributed by atoms with van der Waals surface area (Å²) in [5.41, 5.74) is 5.05. The zero-order valence-electron chi connectivity index (χ0n) is 9.51. The molecule has 1 amide bonds. The quantitative estimate of drug-likeness (QED) is 0.698. The molecular formula is C9H17N5OS. The van der Waals surface area contributed by atoms with E-state index in [2.05, 4.69) is 32.9 Å². The van der Waals surface area contributed by atoms with E-state index in [9.17, 15) is 4.79 Å². The lowest BCUT2D eigenvalue weighted by molar-refractivity contribution is 0.0996. The number of carbonyl (C=O) groups excluding carboxylic acids is 1. The van der Waals surface area contributed by atoms with Crippen LogP contribution in [0.4, 0.5) is 0 Å². The first-order chi connectivity index (χ1) is 7.61. The van der Waals surface area contributed by atoms with Crippen molar-refractivity contribution in [1.29, 1.82) is 0 Å². The summed E-state index contributed by atoms with van der Waals surface area (Å²) in [6.45, 7) is 5.74. The molecule has 1 unspecified atom stereocenters. The number of nitrogens with two attached hydrogens (primary N) is 1. The van der Waals surface area contributed by atoms with Crippen molar-refractivity contribution in [3.8, 4) is 0 Å². The van der Waals surface area contributed by atoms with Crippen molar-refractivity contribution in [2.45, 2.75) is 13.0 Å². The number of likely N-dealkylation sites (N-methyl/N-ethyl adjacent to an activating group) is 1. The predicted molar refractivity (Wildman–Crippen MR) is 63.4 cm³/mol. The van der Waals surface area contributed by atoms with E-state index in [1.807, 2.05) is 0 Å². The van der Waals surface area contributed by atoms with Crippen LogP contribution in [0.1, 0.15) is 17.4 Å². The van der Waals surface area contributed by atoms with Crippen molar-refractivity contribution in [2.75, 3.05) is 26.7 Å². The van der Waals surface area contributed by atoms with E-state index in [0.717, 1.165) is 30.9 Å². The van der Waals surface area contributed by atoms with E-state index in [1.165, 1.54) is 12.7 Å². The SMILES string of the molecule is CC1CNCCN1C.NC(=O)c1cnsn1. The van der Waals surface area contributed by atoms with Crippen LogP contribution in [0, 0.1) is 0 Å². The molecule has 1 saturated heterocycles. The molecule has 2 heterocycles. The molecule has 1 atom stereocenters. The van der Waals surface area contributed by atoms with Gasteiger partial charge in [-0.25, -0.2) is 0 Å². The number of nitrogens with zero attached hydrogens (tertiary/aromatic N) is 3. The van der Waals surface area contributed by atoms with Gasteiger partial charge in [0.05, 0.1) is 17.9 Å². The minimum atomic E-state index is -0.529. The highest BCUT2D eigenvalue weighted by atomic mass is 32.1. The first-order valence-electron chi connectivity index (χ1n) is 5.09. The second-order valence-corrected chi connectivity index (χ2v) is 4.25. The van der Waals surface area contributed by atoms with Gasteiger partial charge in [-0.05, 0) is 14.0 Å². The van der Waals surface area contributed by atoms with E-state index in [0.29, 0.717) is 0 Å². The monoisotopic (exact) mass is 243 g/mol. The van der Waals surface area contributed by atoms with Gasteiger partial charge in [0.15, 0.2) is 5.69 Å². The van der Waals surface area contributed by atoms with Gasteiger partial charge < -0.3 is 16.0 Å². The average Bonchev–Trinajstić information content (AvgIpc) is 2.77. The molecular weight excluding hydrogens is 226 g/mol. The molecule has 6 nitrogen and oxygen atoms in total. The van der Waals surface area contributed by atoms with Crippen LogP contribution in [0.3, 0.4) is 0 Å². The lowest BCUT2D eigenvalue weighted by Crippen LogP contribution is -2.47. The van der Waals surface area contributed by atoms with Gasteiger partial charge in [-0.1, -0.05) is 0 Å². The van der Waals surface area contributed by atoms with Crippen molar-refractivity contribution in [2.24, 2.45) is 5.73 Å². The smallest absolute Gasteiger partial charge is 0.270 e. The number of hydrogen-bond acceptors (Lipinski definition) is 6. The highest BCUT2D eigenvalue weighted by Crippen LogP contribution is 1.95. The number of carbonyl (C=O) groups is 1. The van der Waals surface area contributed by atoms with Crippen LogP contribution in [0.15, 0.2) is 6.20 Å². The molecule has 16 heavy (non-hydrogen) atoms. The largest absolute Gasteiger partial charge is 0.364 e. The number of piperazine rings is 1. The maximum Gasteiger partial charge on any atom is 0.270 e. The molecule has 1 aromatic rings. The Kier molecular flexibility index (Phi) is 5.30. The number of hydrogen-bond donors (Lipinski definition) is 2. The Hall–Kier alpha value is -1.05. The summed E-state index contributed by atoms with van der Waals surface area (Å²) in [4.78, 5) is 12.6. The molecule has 0 spiro atoms. The Labute approximate surface area is 99.2 Å². The molecule has 1 fully saturated rings. The second-order valence-electron chi connectivity index (χ2n) is 3.69. The minimum Gasteiger partial charge on any atom is -0.364 e. The zero-order valence-corrected chi connectivity index (χ0v) is 10.3. The lowest BCUT2D eigenvalue weighted by atomic mass is 10.2. The number of amides is 1. The summed E-state index contributed by atoms with van der Waals surface area (Å²) < 4.78 is 7.14. The summed E-state index contributed by atoms with van der Waals surface area (Å²) in [7, 11) is 2.17. The molecule has 1 aromatic heterocycles. The maximum atomic E-state index is 10.2. The minimum absolute atomic E-state index is 0.231. The number of nitrogens with one attached hydrogen (secondary N) is 1. The van der Waals surface area contributed by atoms with Crippen LogP contribution in [0.25, 0.3) is 0 Å². The van der Waals surface area contributed by atoms with Crippen molar-refractivity contribution in [3.63, 3.8) is 0 Å². The Morgan fingerprint density at radius 2 is 2.50 bits per heavy atom. The topological polar surface area (TPSA) is 84.1 Å². The fourth-order valence-electron chi connectivity index (χ4n) is 1.22. The van der Waals surface area contributed by atoms with E-state index in [4.69, 9.17) is 5.73 Å². The van der Waals surface area contributed by atoms with Gasteiger partial charge in [-0.2, -0.15) is 8.75 Å². The third-order valence-corrected chi connectivity index (χ3v) is 2.93. The van der Waals surface area contributed by atoms with Crippen molar-refractivity contribution >= 4 is 17.6 Å². The summed E-state index contributed by atoms with van der Waals surface area (Å²) in [5.74, 6) is -0.529. The molecule has 90 valence electrons. The normalized spacial score (nSPS) is 21.0. The van der Waals surface area contributed by atoms with Crippen LogP contribution in [-0.4, -0.2) is 52.3 Å². The van der Waals surface area contributed by atoms with Gasteiger partial charge >= 0.3 is 0 Å². The molecule has 0 aliphatic carbocycles. The van der Waals surface area contributed by atoms with Gasteiger partial charge in [-0.3, -0.25) is 4.79 Å². The summed E-state index contributed by atoms with van der Waals surface area (Å²) in [6.07, 6.45) is 1.34. The van der Waals surface area contributed by atoms with Crippen molar-refractivity contribution in [1.82, 2.24) is 19.0 Å². The Balaban J connectivity index is 0.000000160. The number of rotatable bonds is 1. The van der Waals surface area contributed by atoms with Gasteiger partial charge in [0.2, 0.25) is 0 Å². The van der Waals surface area contributed by atoms with Crippen molar-refractivity contribution < 1.29 is 4.79 Å². The van der Waals surface area contributed by atoms with Gasteiger partial charge in [-0.15, -0.1) is 0 Å². The summed E-state index contributed by atoms with van der Waals surface area (Å²) >= 11 is 0.967. The van der Waals surface area contributed by atoms with Crippen LogP contribution in [0.5, 0.6) is 0 Å². The highest BCUT2D eigenvalue weighted by Gasteiger charge is 2.11. The molecule has 0 bridgehead atoms. The predicted octanol–water partition coefficient (Wildman–Crippen LogP) is -0.453. The van der Waals surface area contributed by atoms with E-state index < -0.39 is 5.91 Å². The van der Waals surface area contributed by atoms with Crippen LogP contribution >= 0.6 is 11.7 Å². The molecule has 1 aliphatic heterocycles. The molecule has 1 aliphatic rings. The second kappa shape index (κ2) is 6.51. The highest BCUT2D eigenvalue weighted by molar-refractivity contribution is 6.99. The molecule has 7 heteroatoms. The molecule has 0 aromatic carbocycles. The third-order valence-electron chi connectivity index (χ3n) is 2.45. The Morgan fingerprint density at radius 1 is 1.75 bits per heavy atom. The van der Waals surface area contributed by atoms with E-state index in [-0.39, 0.29) is 5.69 Å². The first-order valence-corrected chi connectivity index (χ1v) is 5.82. The Morgan fingerprint density at radius 3 is 2.81 bits per heavy atom. The number of aromatic nitrogens is 2. The van der Waals surface area contributed by atoms with Crippen LogP contribution in [-0.2, 0) is 0 Å². The maximum absolute atomic E-state index is 10.2. The average molecular weight is 243 g/mol. The third kappa shape index (κ3) is 4.21.